The number of carbonyl (C=O) groups excluding carboxylic acids is 1. The maximum absolute atomic E-state index is 14.0. The van der Waals surface area contributed by atoms with Crippen LogP contribution in [0.3, 0.4) is 0 Å². The van der Waals surface area contributed by atoms with E-state index in [1.807, 2.05) is 0 Å². The van der Waals surface area contributed by atoms with E-state index in [0.29, 0.717) is 0 Å². The van der Waals surface area contributed by atoms with Gasteiger partial charge in [0, 0.05) is 0 Å². The van der Waals surface area contributed by atoms with Gasteiger partial charge in [-0.2, -0.15) is 8.42 Å². The Hall–Kier alpha value is -3.20. The number of halogens is 1. The Kier molecular flexibility index (Phi) is 5.30. The molecule has 1 saturated heterocycles. The molecule has 0 unspecified atom stereocenters. The topological polar surface area (TPSA) is 180 Å². The lowest BCUT2D eigenvalue weighted by atomic mass is 10.1. The van der Waals surface area contributed by atoms with Crippen molar-refractivity contribution in [1.82, 2.24) is 19.5 Å². The monoisotopic (exact) mass is 453 g/mol. The van der Waals surface area contributed by atoms with Crippen molar-refractivity contribution < 1.29 is 36.8 Å². The Morgan fingerprint density at radius 1 is 1.19 bits per heavy atom. The number of hydrogen-bond acceptors (Lipinski definition) is 11. The highest BCUT2D eigenvalue weighted by Gasteiger charge is 2.53. The van der Waals surface area contributed by atoms with Crippen LogP contribution in [0.5, 0.6) is 0 Å². The van der Waals surface area contributed by atoms with Crippen LogP contribution in [0.4, 0.5) is 9.70 Å². The highest BCUT2D eigenvalue weighted by atomic mass is 32.3. The Morgan fingerprint density at radius 3 is 2.58 bits per heavy atom. The van der Waals surface area contributed by atoms with Crippen molar-refractivity contribution in [2.75, 3.05) is 5.73 Å². The number of hydrogen-bond donors (Lipinski definition) is 3. The molecule has 164 valence electrons. The maximum atomic E-state index is 14.0. The van der Waals surface area contributed by atoms with Gasteiger partial charge in [0.05, 0.1) is 11.9 Å². The maximum Gasteiger partial charge on any atom is 0.343 e. The largest absolute Gasteiger partial charge is 0.436 e. The molecule has 3 aromatic rings. The van der Waals surface area contributed by atoms with Crippen molar-refractivity contribution >= 4 is 33.2 Å². The van der Waals surface area contributed by atoms with Crippen molar-refractivity contribution in [3.8, 4) is 0 Å². The minimum atomic E-state index is -5.56. The Bertz CT molecular complexity index is 1220. The van der Waals surface area contributed by atoms with E-state index in [-0.39, 0.29) is 22.5 Å². The van der Waals surface area contributed by atoms with Gasteiger partial charge in [-0.05, 0) is 12.1 Å². The fraction of sp³-hybridized carbons (Fsp3) is 0.294. The number of esters is 1. The summed E-state index contributed by atoms with van der Waals surface area (Å²) in [6.45, 7) is 0. The van der Waals surface area contributed by atoms with E-state index >= 15 is 0 Å². The van der Waals surface area contributed by atoms with E-state index in [0.717, 1.165) is 6.33 Å². The molecule has 0 amide bonds. The van der Waals surface area contributed by atoms with Crippen molar-refractivity contribution in [3.63, 3.8) is 0 Å². The lowest BCUT2D eigenvalue weighted by molar-refractivity contribution is -0.0687. The molecule has 5 atom stereocenters. The third-order valence-electron chi connectivity index (χ3n) is 4.71. The summed E-state index contributed by atoms with van der Waals surface area (Å²) >= 11 is 0. The highest BCUT2D eigenvalue weighted by Crippen LogP contribution is 2.35. The van der Waals surface area contributed by atoms with Crippen LogP contribution in [0.2, 0.25) is 0 Å². The number of aromatic nitrogens is 4. The fourth-order valence-electron chi connectivity index (χ4n) is 3.23. The highest BCUT2D eigenvalue weighted by molar-refractivity contribution is 7.86. The number of aliphatic hydroxyl groups excluding tert-OH is 2. The summed E-state index contributed by atoms with van der Waals surface area (Å²) in [5.41, 5.74) is 3.41. The van der Waals surface area contributed by atoms with Gasteiger partial charge in [0.25, 0.3) is 5.44 Å². The van der Waals surface area contributed by atoms with Crippen LogP contribution in [0.25, 0.3) is 11.2 Å². The van der Waals surface area contributed by atoms with Gasteiger partial charge < -0.3 is 25.4 Å². The van der Waals surface area contributed by atoms with Crippen LogP contribution in [0.15, 0.2) is 43.0 Å². The number of nitrogens with zero attached hydrogens (tertiary/aromatic N) is 4. The molecule has 4 N–H and O–H groups in total. The summed E-state index contributed by atoms with van der Waals surface area (Å²) < 4.78 is 48.9. The van der Waals surface area contributed by atoms with Gasteiger partial charge >= 0.3 is 16.2 Å². The van der Waals surface area contributed by atoms with Crippen LogP contribution in [-0.4, -0.2) is 67.9 Å². The van der Waals surface area contributed by atoms with Crippen molar-refractivity contribution in [2.45, 2.75) is 30.0 Å². The van der Waals surface area contributed by atoms with E-state index in [1.165, 1.54) is 35.2 Å². The third-order valence-corrected chi connectivity index (χ3v) is 5.63. The van der Waals surface area contributed by atoms with Gasteiger partial charge in [-0.3, -0.25) is 4.57 Å². The van der Waals surface area contributed by atoms with E-state index in [4.69, 9.17) is 15.2 Å². The van der Waals surface area contributed by atoms with E-state index in [2.05, 4.69) is 15.0 Å². The molecule has 0 radical (unpaired) electrons. The molecule has 14 heteroatoms. The summed E-state index contributed by atoms with van der Waals surface area (Å²) in [7, 11) is -5.56. The molecule has 1 fully saturated rings. The number of imidazole rings is 1. The number of anilines is 1. The van der Waals surface area contributed by atoms with E-state index in [1.54, 1.807) is 6.07 Å². The standard InChI is InChI=1S/C17H16FN5O7S/c18-31(27,28)17(30-16(26)8-4-2-1-3-5-8)12-10(24)11(25)15(29-12)23-7-22-9-13(19)20-6-21-14(9)23/h1-7,10-12,15,17,24-25H,(H2,19,20,21)/t10-,11+,12-,15+,17+/m0/s1. The third kappa shape index (κ3) is 3.81. The molecule has 0 spiro atoms. The van der Waals surface area contributed by atoms with E-state index < -0.39 is 46.2 Å². The second kappa shape index (κ2) is 7.81. The normalized spacial score (nSPS) is 24.9. The molecule has 1 aromatic carbocycles. The molecular formula is C17H16FN5O7S. The van der Waals surface area contributed by atoms with Crippen LogP contribution in [-0.2, 0) is 19.7 Å². The first-order valence-electron chi connectivity index (χ1n) is 8.82. The number of fused-ring (bicyclic) bond motifs is 1. The molecular weight excluding hydrogens is 437 g/mol. The second-order valence-corrected chi connectivity index (χ2v) is 8.09. The minimum absolute atomic E-state index is 0.0364. The van der Waals surface area contributed by atoms with Crippen LogP contribution in [0, 0.1) is 0 Å². The number of nitrogens with two attached hydrogens (primary N) is 1. The van der Waals surface area contributed by atoms with Gasteiger partial charge in [0.1, 0.15) is 30.2 Å². The van der Waals surface area contributed by atoms with Gasteiger partial charge in [0.2, 0.25) is 0 Å². The Morgan fingerprint density at radius 2 is 1.90 bits per heavy atom. The fourth-order valence-corrected chi connectivity index (χ4v) is 3.98. The second-order valence-electron chi connectivity index (χ2n) is 6.67. The van der Waals surface area contributed by atoms with Gasteiger partial charge in [-0.25, -0.2) is 19.7 Å². The summed E-state index contributed by atoms with van der Waals surface area (Å²) in [6.07, 6.45) is -4.74. The number of rotatable bonds is 5. The zero-order chi connectivity index (χ0) is 22.3. The summed E-state index contributed by atoms with van der Waals surface area (Å²) in [6, 6.07) is 7.25. The van der Waals surface area contributed by atoms with Gasteiger partial charge in [0.15, 0.2) is 17.7 Å². The molecule has 0 bridgehead atoms. The lowest BCUT2D eigenvalue weighted by Crippen LogP contribution is -2.44. The SMILES string of the molecule is Nc1ncnc2c1ncn2[C@@H]1O[C@H]([C@H](OC(=O)c2ccccc2)S(=O)(=O)F)[C@@H](O)[C@H]1O. The minimum Gasteiger partial charge on any atom is -0.436 e. The first-order chi connectivity index (χ1) is 14.7. The molecule has 1 aliphatic heterocycles. The van der Waals surface area contributed by atoms with Crippen LogP contribution < -0.4 is 5.73 Å². The number of ether oxygens (including phenoxy) is 2. The molecule has 1 aliphatic rings. The zero-order valence-electron chi connectivity index (χ0n) is 15.5. The molecule has 2 aromatic heterocycles. The predicted molar refractivity (Wildman–Crippen MR) is 101 cm³/mol. The predicted octanol–water partition coefficient (Wildman–Crippen LogP) is -0.490. The molecule has 0 aliphatic carbocycles. The average molecular weight is 453 g/mol. The Balaban J connectivity index is 1.65. The summed E-state index contributed by atoms with van der Waals surface area (Å²) in [5, 5.41) is 20.8. The van der Waals surface area contributed by atoms with Crippen molar-refractivity contribution in [3.05, 3.63) is 48.5 Å². The number of nitrogen functional groups attached to an aromatic ring is 1. The zero-order valence-corrected chi connectivity index (χ0v) is 16.3. The molecule has 0 saturated carbocycles. The molecule has 12 nitrogen and oxygen atoms in total. The van der Waals surface area contributed by atoms with Crippen molar-refractivity contribution in [1.29, 1.82) is 0 Å². The quantitative estimate of drug-likeness (QED) is 0.335. The average Bonchev–Trinajstić information content (AvgIpc) is 3.28. The molecule has 31 heavy (non-hydrogen) atoms. The lowest BCUT2D eigenvalue weighted by Gasteiger charge is -2.22. The molecule has 3 heterocycles. The first-order valence-corrected chi connectivity index (χ1v) is 10.3. The van der Waals surface area contributed by atoms with Crippen LogP contribution in [0.1, 0.15) is 16.6 Å². The van der Waals surface area contributed by atoms with Gasteiger partial charge in [-0.15, -0.1) is 3.89 Å². The summed E-state index contributed by atoms with van der Waals surface area (Å²) in [4.78, 5) is 24.0. The number of benzene rings is 1. The Labute approximate surface area is 174 Å². The number of aliphatic hydroxyl groups is 2. The smallest absolute Gasteiger partial charge is 0.343 e. The van der Waals surface area contributed by atoms with E-state index in [9.17, 15) is 27.3 Å². The number of carbonyl (C=O) groups is 1. The van der Waals surface area contributed by atoms with Crippen LogP contribution >= 0.6 is 0 Å². The van der Waals surface area contributed by atoms with Crippen molar-refractivity contribution in [2.24, 2.45) is 0 Å². The first kappa shape index (κ1) is 21.0. The summed E-state index contributed by atoms with van der Waals surface area (Å²) in [5.74, 6) is -1.12. The van der Waals surface area contributed by atoms with Gasteiger partial charge in [-0.1, -0.05) is 18.2 Å². The molecule has 4 rings (SSSR count).